The van der Waals surface area contributed by atoms with Gasteiger partial charge in [0.15, 0.2) is 9.84 Å². The highest BCUT2D eigenvalue weighted by atomic mass is 32.2. The smallest absolute Gasteiger partial charge is 0.410 e. The number of sulfone groups is 1. The predicted molar refractivity (Wildman–Crippen MR) is 87.1 cm³/mol. The van der Waals surface area contributed by atoms with Crippen LogP contribution in [0.2, 0.25) is 0 Å². The van der Waals surface area contributed by atoms with Gasteiger partial charge >= 0.3 is 6.09 Å². The molecule has 0 atom stereocenters. The number of likely N-dealkylation sites (tertiary alicyclic amines) is 1. The summed E-state index contributed by atoms with van der Waals surface area (Å²) in [7, 11) is -3.48. The number of fused-ring (bicyclic) bond motifs is 1. The van der Waals surface area contributed by atoms with E-state index in [-0.39, 0.29) is 18.1 Å². The van der Waals surface area contributed by atoms with Gasteiger partial charge in [-0.3, -0.25) is 0 Å². The zero-order valence-electron chi connectivity index (χ0n) is 13.4. The molecular formula is C16H20N2O4S. The van der Waals surface area contributed by atoms with E-state index in [1.807, 2.05) is 24.3 Å². The van der Waals surface area contributed by atoms with Crippen LogP contribution in [-0.2, 0) is 14.6 Å². The molecule has 1 aromatic heterocycles. The Bertz CT molecular complexity index is 809. The van der Waals surface area contributed by atoms with Crippen molar-refractivity contribution in [2.75, 3.05) is 13.1 Å². The zero-order chi connectivity index (χ0) is 16.8. The van der Waals surface area contributed by atoms with E-state index < -0.39 is 26.8 Å². The maximum atomic E-state index is 12.6. The summed E-state index contributed by atoms with van der Waals surface area (Å²) in [6.45, 7) is 5.66. The average Bonchev–Trinajstić information content (AvgIpc) is 2.78. The molecule has 1 N–H and O–H groups in total. The standard InChI is InChI=1S/C16H20N2O4S/c1-16(2,3)22-15(19)18-9-12(10-18)23(20,21)14-8-11-6-4-5-7-13(11)17-14/h4-8,12,17H,9-10H2,1-3H3. The molecule has 1 aromatic carbocycles. The van der Waals surface area contributed by atoms with E-state index in [9.17, 15) is 13.2 Å². The van der Waals surface area contributed by atoms with Gasteiger partial charge in [-0.1, -0.05) is 18.2 Å². The molecule has 0 radical (unpaired) electrons. The minimum absolute atomic E-state index is 0.159. The first-order valence-corrected chi connectivity index (χ1v) is 9.01. The highest BCUT2D eigenvalue weighted by Gasteiger charge is 2.42. The van der Waals surface area contributed by atoms with Crippen molar-refractivity contribution in [1.29, 1.82) is 0 Å². The molecule has 1 aliphatic heterocycles. The van der Waals surface area contributed by atoms with Crippen molar-refractivity contribution in [3.8, 4) is 0 Å². The Balaban J connectivity index is 1.72. The lowest BCUT2D eigenvalue weighted by molar-refractivity contribution is 0.0139. The van der Waals surface area contributed by atoms with E-state index in [4.69, 9.17) is 4.74 Å². The number of amides is 1. The Morgan fingerprint density at radius 2 is 1.91 bits per heavy atom. The Morgan fingerprint density at radius 1 is 1.26 bits per heavy atom. The van der Waals surface area contributed by atoms with Crippen LogP contribution in [0.15, 0.2) is 35.4 Å². The van der Waals surface area contributed by atoms with E-state index in [1.54, 1.807) is 26.8 Å². The number of ether oxygens (including phenoxy) is 1. The molecule has 0 bridgehead atoms. The lowest BCUT2D eigenvalue weighted by atomic mass is 10.2. The summed E-state index contributed by atoms with van der Waals surface area (Å²) in [5.74, 6) is 0. The largest absolute Gasteiger partial charge is 0.444 e. The van der Waals surface area contributed by atoms with Crippen LogP contribution in [0, 0.1) is 0 Å². The lowest BCUT2D eigenvalue weighted by Gasteiger charge is -2.38. The lowest BCUT2D eigenvalue weighted by Crippen LogP contribution is -2.57. The molecule has 0 aliphatic carbocycles. The number of nitrogens with zero attached hydrogens (tertiary/aromatic N) is 1. The monoisotopic (exact) mass is 336 g/mol. The molecule has 23 heavy (non-hydrogen) atoms. The fourth-order valence-corrected chi connectivity index (χ4v) is 4.14. The molecule has 6 nitrogen and oxygen atoms in total. The topological polar surface area (TPSA) is 79.5 Å². The second kappa shape index (κ2) is 5.26. The van der Waals surface area contributed by atoms with Gasteiger partial charge in [-0.25, -0.2) is 13.2 Å². The zero-order valence-corrected chi connectivity index (χ0v) is 14.2. The van der Waals surface area contributed by atoms with Crippen molar-refractivity contribution in [3.05, 3.63) is 30.3 Å². The van der Waals surface area contributed by atoms with Crippen LogP contribution in [0.25, 0.3) is 10.9 Å². The SMILES string of the molecule is CC(C)(C)OC(=O)N1CC(S(=O)(=O)c2cc3ccccc3[nH]2)C1. The summed E-state index contributed by atoms with van der Waals surface area (Å²) in [5, 5.41) is 0.463. The number of H-pyrrole nitrogens is 1. The van der Waals surface area contributed by atoms with E-state index in [1.165, 1.54) is 4.90 Å². The van der Waals surface area contributed by atoms with Crippen LogP contribution in [0.4, 0.5) is 4.79 Å². The molecule has 7 heteroatoms. The molecule has 0 spiro atoms. The number of rotatable bonds is 2. The molecule has 2 aromatic rings. The second-order valence-corrected chi connectivity index (χ2v) is 8.97. The summed E-state index contributed by atoms with van der Waals surface area (Å²) in [4.78, 5) is 16.2. The molecule has 124 valence electrons. The number of hydrogen-bond acceptors (Lipinski definition) is 4. The van der Waals surface area contributed by atoms with E-state index in [0.29, 0.717) is 0 Å². The molecule has 1 saturated heterocycles. The molecule has 0 unspecified atom stereocenters. The highest BCUT2D eigenvalue weighted by molar-refractivity contribution is 7.92. The number of benzene rings is 1. The third-order valence-corrected chi connectivity index (χ3v) is 5.76. The van der Waals surface area contributed by atoms with Crippen molar-refractivity contribution in [1.82, 2.24) is 9.88 Å². The second-order valence-electron chi connectivity index (χ2n) is 6.77. The summed E-state index contributed by atoms with van der Waals surface area (Å²) in [6.07, 6.45) is -0.472. The molecule has 1 amide bonds. The first kappa shape index (κ1) is 15.9. The Morgan fingerprint density at radius 3 is 2.52 bits per heavy atom. The van der Waals surface area contributed by atoms with Crippen molar-refractivity contribution < 1.29 is 17.9 Å². The fraction of sp³-hybridized carbons (Fsp3) is 0.438. The number of aromatic amines is 1. The Hall–Kier alpha value is -2.02. The molecule has 1 aliphatic rings. The van der Waals surface area contributed by atoms with Gasteiger partial charge in [-0.15, -0.1) is 0 Å². The Labute approximate surface area is 135 Å². The first-order chi connectivity index (χ1) is 10.7. The van der Waals surface area contributed by atoms with Crippen LogP contribution in [-0.4, -0.2) is 48.3 Å². The van der Waals surface area contributed by atoms with Gasteiger partial charge < -0.3 is 14.6 Å². The van der Waals surface area contributed by atoms with Gasteiger partial charge in [0.05, 0.1) is 0 Å². The van der Waals surface area contributed by atoms with Crippen molar-refractivity contribution >= 4 is 26.8 Å². The van der Waals surface area contributed by atoms with Crippen LogP contribution in [0.1, 0.15) is 20.8 Å². The van der Waals surface area contributed by atoms with Gasteiger partial charge in [-0.2, -0.15) is 0 Å². The summed E-state index contributed by atoms with van der Waals surface area (Å²) >= 11 is 0. The first-order valence-electron chi connectivity index (χ1n) is 7.46. The summed E-state index contributed by atoms with van der Waals surface area (Å²) in [6, 6.07) is 9.05. The summed E-state index contributed by atoms with van der Waals surface area (Å²) < 4.78 is 30.5. The number of hydrogen-bond donors (Lipinski definition) is 1. The maximum absolute atomic E-state index is 12.6. The summed E-state index contributed by atoms with van der Waals surface area (Å²) in [5.41, 5.74) is 0.201. The molecule has 1 fully saturated rings. The van der Waals surface area contributed by atoms with Crippen molar-refractivity contribution in [3.63, 3.8) is 0 Å². The van der Waals surface area contributed by atoms with Gasteiger partial charge in [-0.05, 0) is 32.9 Å². The molecule has 0 saturated carbocycles. The van der Waals surface area contributed by atoms with Gasteiger partial charge in [0.2, 0.25) is 0 Å². The quantitative estimate of drug-likeness (QED) is 0.914. The molecule has 2 heterocycles. The third-order valence-electron chi connectivity index (χ3n) is 3.75. The van der Waals surface area contributed by atoms with E-state index in [0.717, 1.165) is 10.9 Å². The fourth-order valence-electron chi connectivity index (χ4n) is 2.49. The number of nitrogens with one attached hydrogen (secondary N) is 1. The maximum Gasteiger partial charge on any atom is 0.410 e. The van der Waals surface area contributed by atoms with Crippen molar-refractivity contribution in [2.24, 2.45) is 0 Å². The Kier molecular flexibility index (Phi) is 3.63. The minimum Gasteiger partial charge on any atom is -0.444 e. The van der Waals surface area contributed by atoms with Crippen LogP contribution >= 0.6 is 0 Å². The number of carbonyl (C=O) groups is 1. The minimum atomic E-state index is -3.48. The normalized spacial score (nSPS) is 16.4. The number of para-hydroxylation sites is 1. The van der Waals surface area contributed by atoms with Crippen LogP contribution in [0.3, 0.4) is 0 Å². The van der Waals surface area contributed by atoms with Gasteiger partial charge in [0.1, 0.15) is 15.9 Å². The number of aromatic nitrogens is 1. The average molecular weight is 336 g/mol. The van der Waals surface area contributed by atoms with Crippen LogP contribution in [0.5, 0.6) is 0 Å². The molecular weight excluding hydrogens is 316 g/mol. The number of carbonyl (C=O) groups excluding carboxylic acids is 1. The molecule has 3 rings (SSSR count). The van der Waals surface area contributed by atoms with Gasteiger partial charge in [0.25, 0.3) is 0 Å². The van der Waals surface area contributed by atoms with Crippen molar-refractivity contribution in [2.45, 2.75) is 36.6 Å². The van der Waals surface area contributed by atoms with E-state index in [2.05, 4.69) is 4.98 Å². The highest BCUT2D eigenvalue weighted by Crippen LogP contribution is 2.27. The van der Waals surface area contributed by atoms with Crippen LogP contribution < -0.4 is 0 Å². The van der Waals surface area contributed by atoms with E-state index >= 15 is 0 Å². The third kappa shape index (κ3) is 3.06. The van der Waals surface area contributed by atoms with Gasteiger partial charge in [0, 0.05) is 24.0 Å². The predicted octanol–water partition coefficient (Wildman–Crippen LogP) is 2.56.